The van der Waals surface area contributed by atoms with Crippen LogP contribution < -0.4 is 10.6 Å². The SMILES string of the molecule is CCCN(CCNC(=NC)NC1CCc2nc(COC)nn2C1)C(=O)OC(C)(C)C. The third kappa shape index (κ3) is 7.47. The third-order valence-corrected chi connectivity index (χ3v) is 4.56. The molecule has 2 rings (SSSR count). The number of methoxy groups -OCH3 is 1. The van der Waals surface area contributed by atoms with Crippen LogP contribution in [0.5, 0.6) is 0 Å². The number of ether oxygens (including phenoxy) is 2. The molecule has 1 unspecified atom stereocenters. The molecule has 0 bridgehead atoms. The van der Waals surface area contributed by atoms with Crippen LogP contribution in [-0.4, -0.2) is 77.2 Å². The van der Waals surface area contributed by atoms with Crippen LogP contribution in [0.3, 0.4) is 0 Å². The van der Waals surface area contributed by atoms with E-state index < -0.39 is 5.60 Å². The molecule has 0 fully saturated rings. The minimum absolute atomic E-state index is 0.207. The van der Waals surface area contributed by atoms with E-state index in [2.05, 4.69) is 25.7 Å². The van der Waals surface area contributed by atoms with Crippen molar-refractivity contribution < 1.29 is 14.3 Å². The highest BCUT2D eigenvalue weighted by Gasteiger charge is 2.23. The minimum atomic E-state index is -0.502. The number of aryl methyl sites for hydroxylation is 1. The van der Waals surface area contributed by atoms with E-state index in [4.69, 9.17) is 9.47 Å². The monoisotopic (exact) mass is 423 g/mol. The van der Waals surface area contributed by atoms with Gasteiger partial charge < -0.3 is 25.0 Å². The number of amides is 1. The first kappa shape index (κ1) is 23.9. The Kier molecular flexibility index (Phi) is 8.88. The summed E-state index contributed by atoms with van der Waals surface area (Å²) in [6.45, 7) is 10.6. The van der Waals surface area contributed by atoms with E-state index in [0.717, 1.165) is 31.6 Å². The van der Waals surface area contributed by atoms with Crippen LogP contribution in [0.15, 0.2) is 4.99 Å². The molecule has 0 saturated heterocycles. The Labute approximate surface area is 179 Å². The first-order chi connectivity index (χ1) is 14.3. The second-order valence-electron chi connectivity index (χ2n) is 8.41. The van der Waals surface area contributed by atoms with Gasteiger partial charge in [-0.3, -0.25) is 4.99 Å². The van der Waals surface area contributed by atoms with Gasteiger partial charge in [0, 0.05) is 46.3 Å². The molecule has 0 aromatic carbocycles. The number of aromatic nitrogens is 3. The highest BCUT2D eigenvalue weighted by atomic mass is 16.6. The summed E-state index contributed by atoms with van der Waals surface area (Å²) in [6.07, 6.45) is 2.39. The number of nitrogens with one attached hydrogen (secondary N) is 2. The number of carbonyl (C=O) groups excluding carboxylic acids is 1. The van der Waals surface area contributed by atoms with Gasteiger partial charge in [0.05, 0.1) is 6.54 Å². The second kappa shape index (κ2) is 11.1. The van der Waals surface area contributed by atoms with Crippen LogP contribution in [0, 0.1) is 0 Å². The topological polar surface area (TPSA) is 106 Å². The molecule has 1 aromatic heterocycles. The van der Waals surface area contributed by atoms with Gasteiger partial charge >= 0.3 is 6.09 Å². The normalized spacial score (nSPS) is 16.7. The molecule has 30 heavy (non-hydrogen) atoms. The molecule has 10 heteroatoms. The van der Waals surface area contributed by atoms with Crippen molar-refractivity contribution in [2.24, 2.45) is 4.99 Å². The highest BCUT2D eigenvalue weighted by Crippen LogP contribution is 2.13. The van der Waals surface area contributed by atoms with Gasteiger partial charge in [-0.05, 0) is 33.6 Å². The van der Waals surface area contributed by atoms with Crippen molar-refractivity contribution >= 4 is 12.1 Å². The fourth-order valence-corrected chi connectivity index (χ4v) is 3.26. The van der Waals surface area contributed by atoms with Crippen LogP contribution in [0.4, 0.5) is 4.79 Å². The Bertz CT molecular complexity index is 712. The molecule has 1 aromatic rings. The number of hydrogen-bond donors (Lipinski definition) is 2. The predicted molar refractivity (Wildman–Crippen MR) is 115 cm³/mol. The predicted octanol–water partition coefficient (Wildman–Crippen LogP) is 1.55. The average Bonchev–Trinajstić information content (AvgIpc) is 3.07. The summed E-state index contributed by atoms with van der Waals surface area (Å²) in [6, 6.07) is 0.207. The van der Waals surface area contributed by atoms with E-state index in [-0.39, 0.29) is 12.1 Å². The lowest BCUT2D eigenvalue weighted by molar-refractivity contribution is 0.0253. The Morgan fingerprint density at radius 3 is 2.77 bits per heavy atom. The van der Waals surface area contributed by atoms with Gasteiger partial charge in [0.2, 0.25) is 0 Å². The molecular weight excluding hydrogens is 386 g/mol. The Morgan fingerprint density at radius 2 is 2.13 bits per heavy atom. The lowest BCUT2D eigenvalue weighted by atomic mass is 10.1. The standard InChI is InChI=1S/C20H37N7O3/c1-7-11-26(19(28)30-20(2,3)4)12-10-22-18(21-5)23-15-8-9-17-24-16(14-29-6)25-27(17)13-15/h15H,7-14H2,1-6H3,(H2,21,22,23). The zero-order chi connectivity index (χ0) is 22.1. The fraction of sp³-hybridized carbons (Fsp3) is 0.800. The smallest absolute Gasteiger partial charge is 0.410 e. The maximum absolute atomic E-state index is 12.4. The molecule has 2 N–H and O–H groups in total. The number of aliphatic imine (C=N–C) groups is 1. The van der Waals surface area contributed by atoms with E-state index in [1.807, 2.05) is 32.4 Å². The number of guanidine groups is 1. The van der Waals surface area contributed by atoms with Gasteiger partial charge in [-0.25, -0.2) is 14.5 Å². The van der Waals surface area contributed by atoms with Crippen molar-refractivity contribution in [3.63, 3.8) is 0 Å². The van der Waals surface area contributed by atoms with Crippen molar-refractivity contribution in [2.45, 2.75) is 71.8 Å². The van der Waals surface area contributed by atoms with Crippen LogP contribution in [0.25, 0.3) is 0 Å². The number of fused-ring (bicyclic) bond motifs is 1. The molecule has 0 aliphatic carbocycles. The summed E-state index contributed by atoms with van der Waals surface area (Å²) in [5.74, 6) is 2.42. The highest BCUT2D eigenvalue weighted by molar-refractivity contribution is 5.80. The van der Waals surface area contributed by atoms with E-state index in [1.54, 1.807) is 19.1 Å². The quantitative estimate of drug-likeness (QED) is 0.483. The summed E-state index contributed by atoms with van der Waals surface area (Å²) in [5, 5.41) is 11.2. The Hall–Kier alpha value is -2.36. The first-order valence-electron chi connectivity index (χ1n) is 10.6. The Balaban J connectivity index is 1.83. The van der Waals surface area contributed by atoms with Crippen molar-refractivity contribution in [1.29, 1.82) is 0 Å². The van der Waals surface area contributed by atoms with Crippen molar-refractivity contribution in [1.82, 2.24) is 30.3 Å². The van der Waals surface area contributed by atoms with E-state index in [1.165, 1.54) is 0 Å². The maximum Gasteiger partial charge on any atom is 0.410 e. The number of hydrogen-bond acceptors (Lipinski definition) is 6. The molecule has 1 aliphatic heterocycles. The second-order valence-corrected chi connectivity index (χ2v) is 8.41. The van der Waals surface area contributed by atoms with Crippen molar-refractivity contribution in [3.05, 3.63) is 11.6 Å². The molecule has 1 aliphatic rings. The molecule has 170 valence electrons. The molecule has 0 radical (unpaired) electrons. The van der Waals surface area contributed by atoms with Gasteiger partial charge in [-0.2, -0.15) is 5.10 Å². The van der Waals surface area contributed by atoms with Crippen molar-refractivity contribution in [3.8, 4) is 0 Å². The van der Waals surface area contributed by atoms with Gasteiger partial charge in [-0.1, -0.05) is 6.92 Å². The van der Waals surface area contributed by atoms with Crippen LogP contribution >= 0.6 is 0 Å². The molecule has 10 nitrogen and oxygen atoms in total. The zero-order valence-electron chi connectivity index (χ0n) is 19.2. The summed E-state index contributed by atoms with van der Waals surface area (Å²) in [4.78, 5) is 22.9. The molecular formula is C20H37N7O3. The Morgan fingerprint density at radius 1 is 1.37 bits per heavy atom. The van der Waals surface area contributed by atoms with Gasteiger partial charge in [0.15, 0.2) is 11.8 Å². The minimum Gasteiger partial charge on any atom is -0.444 e. The van der Waals surface area contributed by atoms with Crippen LogP contribution in [0.2, 0.25) is 0 Å². The molecule has 1 amide bonds. The third-order valence-electron chi connectivity index (χ3n) is 4.56. The zero-order valence-corrected chi connectivity index (χ0v) is 19.2. The number of rotatable bonds is 8. The number of nitrogens with zero attached hydrogens (tertiary/aromatic N) is 5. The van der Waals surface area contributed by atoms with Gasteiger partial charge in [0.25, 0.3) is 0 Å². The summed E-state index contributed by atoms with van der Waals surface area (Å²) < 4.78 is 12.6. The van der Waals surface area contributed by atoms with Gasteiger partial charge in [-0.15, -0.1) is 0 Å². The molecule has 0 saturated carbocycles. The van der Waals surface area contributed by atoms with Crippen molar-refractivity contribution in [2.75, 3.05) is 33.8 Å². The lowest BCUT2D eigenvalue weighted by Crippen LogP contribution is -2.49. The lowest BCUT2D eigenvalue weighted by Gasteiger charge is -2.28. The van der Waals surface area contributed by atoms with E-state index in [0.29, 0.717) is 38.0 Å². The summed E-state index contributed by atoms with van der Waals surface area (Å²) in [5.41, 5.74) is -0.502. The van der Waals surface area contributed by atoms with E-state index >= 15 is 0 Å². The van der Waals surface area contributed by atoms with Gasteiger partial charge in [0.1, 0.15) is 18.0 Å². The summed E-state index contributed by atoms with van der Waals surface area (Å²) >= 11 is 0. The maximum atomic E-state index is 12.4. The van der Waals surface area contributed by atoms with Crippen LogP contribution in [-0.2, 0) is 29.0 Å². The largest absolute Gasteiger partial charge is 0.444 e. The first-order valence-corrected chi connectivity index (χ1v) is 10.6. The molecule has 0 spiro atoms. The number of carbonyl (C=O) groups is 1. The molecule has 1 atom stereocenters. The average molecular weight is 424 g/mol. The molecule has 2 heterocycles. The van der Waals surface area contributed by atoms with E-state index in [9.17, 15) is 4.79 Å². The summed E-state index contributed by atoms with van der Waals surface area (Å²) in [7, 11) is 3.39. The van der Waals surface area contributed by atoms with Crippen LogP contribution in [0.1, 0.15) is 52.2 Å². The fourth-order valence-electron chi connectivity index (χ4n) is 3.26.